The molecule has 26 heavy (non-hydrogen) atoms. The number of methoxy groups -OCH3 is 3. The molecule has 1 N–H and O–H groups in total. The van der Waals surface area contributed by atoms with Gasteiger partial charge >= 0.3 is 16.8 Å². The van der Waals surface area contributed by atoms with Crippen LogP contribution in [0.5, 0.6) is 5.75 Å². The van der Waals surface area contributed by atoms with E-state index in [9.17, 15) is 14.4 Å². The molecule has 3 rings (SSSR count). The maximum Gasteiger partial charge on any atom is 0.320 e. The first kappa shape index (κ1) is 18.5. The van der Waals surface area contributed by atoms with Crippen LogP contribution in [0.3, 0.4) is 0 Å². The number of hydrogen-bond acceptors (Lipinski definition) is 8. The van der Waals surface area contributed by atoms with E-state index in [0.717, 1.165) is 28.7 Å². The van der Waals surface area contributed by atoms with Crippen molar-refractivity contribution in [2.75, 3.05) is 21.3 Å². The van der Waals surface area contributed by atoms with Gasteiger partial charge in [0, 0.05) is 10.8 Å². The van der Waals surface area contributed by atoms with Crippen LogP contribution in [-0.4, -0.2) is 43.5 Å². The highest BCUT2D eigenvalue weighted by Crippen LogP contribution is 2.49. The number of esters is 2. The van der Waals surface area contributed by atoms with E-state index in [1.54, 1.807) is 19.2 Å². The Balaban J connectivity index is 2.17. The van der Waals surface area contributed by atoms with E-state index in [2.05, 4.69) is 4.98 Å². The van der Waals surface area contributed by atoms with Gasteiger partial charge in [0.1, 0.15) is 11.0 Å². The second kappa shape index (κ2) is 7.55. The number of thioether (sulfide) groups is 1. The summed E-state index contributed by atoms with van der Waals surface area (Å²) in [7, 11) is 4.11. The number of hydrogen-bond donors (Lipinski definition) is 1. The summed E-state index contributed by atoms with van der Waals surface area (Å²) in [5.41, 5.74) is 0.784. The van der Waals surface area contributed by atoms with Crippen LogP contribution in [0.4, 0.5) is 0 Å². The number of H-pyrrole nitrogens is 1. The number of benzene rings is 1. The molecule has 1 aliphatic heterocycles. The van der Waals surface area contributed by atoms with Crippen molar-refractivity contribution in [1.29, 1.82) is 0 Å². The van der Waals surface area contributed by atoms with Gasteiger partial charge in [-0.15, -0.1) is 0 Å². The number of aromatic nitrogens is 1. The zero-order valence-electron chi connectivity index (χ0n) is 14.3. The first-order chi connectivity index (χ1) is 12.5. The number of rotatable bonds is 4. The van der Waals surface area contributed by atoms with Crippen molar-refractivity contribution in [2.45, 2.75) is 16.2 Å². The second-order valence-electron chi connectivity index (χ2n) is 5.57. The summed E-state index contributed by atoms with van der Waals surface area (Å²) in [6.07, 6.45) is 0. The maximum atomic E-state index is 12.6. The predicted octanol–water partition coefficient (Wildman–Crippen LogP) is 2.01. The minimum atomic E-state index is -0.822. The maximum absolute atomic E-state index is 12.6. The third-order valence-electron chi connectivity index (χ3n) is 4.24. The predicted molar refractivity (Wildman–Crippen MR) is 96.9 cm³/mol. The Morgan fingerprint density at radius 1 is 1.04 bits per heavy atom. The largest absolute Gasteiger partial charge is 0.497 e. The molecule has 3 atom stereocenters. The highest BCUT2D eigenvalue weighted by Gasteiger charge is 2.48. The van der Waals surface area contributed by atoms with Crippen LogP contribution >= 0.6 is 23.1 Å². The summed E-state index contributed by atoms with van der Waals surface area (Å²) in [6, 6.07) is 7.18. The third kappa shape index (κ3) is 3.24. The Labute approximate surface area is 157 Å². The van der Waals surface area contributed by atoms with Gasteiger partial charge in [0.2, 0.25) is 0 Å². The number of nitrogens with one attached hydrogen (secondary N) is 1. The van der Waals surface area contributed by atoms with Gasteiger partial charge < -0.3 is 19.2 Å². The molecule has 9 heteroatoms. The fourth-order valence-electron chi connectivity index (χ4n) is 3.03. The lowest BCUT2D eigenvalue weighted by Crippen LogP contribution is -2.40. The summed E-state index contributed by atoms with van der Waals surface area (Å²) in [4.78, 5) is 40.0. The normalized spacial score (nSPS) is 21.6. The number of ether oxygens (including phenoxy) is 3. The number of thiazole rings is 1. The minimum absolute atomic E-state index is 0.241. The van der Waals surface area contributed by atoms with Gasteiger partial charge in [0.25, 0.3) is 0 Å². The molecule has 1 aromatic carbocycles. The van der Waals surface area contributed by atoms with Crippen LogP contribution in [-0.2, 0) is 19.1 Å². The quantitative estimate of drug-likeness (QED) is 0.792. The number of carbonyl (C=O) groups is 2. The van der Waals surface area contributed by atoms with Gasteiger partial charge in [0.15, 0.2) is 0 Å². The Morgan fingerprint density at radius 3 is 2.27 bits per heavy atom. The van der Waals surface area contributed by atoms with E-state index in [4.69, 9.17) is 14.2 Å². The molecule has 0 bridgehead atoms. The van der Waals surface area contributed by atoms with E-state index in [1.165, 1.54) is 14.2 Å². The molecular formula is C17H17NO6S2. The smallest absolute Gasteiger partial charge is 0.320 e. The van der Waals surface area contributed by atoms with E-state index < -0.39 is 29.0 Å². The van der Waals surface area contributed by atoms with Gasteiger partial charge in [-0.25, -0.2) is 0 Å². The lowest BCUT2D eigenvalue weighted by Gasteiger charge is -2.34. The molecule has 1 aromatic heterocycles. The van der Waals surface area contributed by atoms with Gasteiger partial charge in [0.05, 0.1) is 32.3 Å². The van der Waals surface area contributed by atoms with Gasteiger partial charge in [-0.05, 0) is 17.7 Å². The van der Waals surface area contributed by atoms with Crippen molar-refractivity contribution in [3.8, 4) is 5.75 Å². The molecular weight excluding hydrogens is 378 g/mol. The van der Waals surface area contributed by atoms with Crippen molar-refractivity contribution in [3.63, 3.8) is 0 Å². The van der Waals surface area contributed by atoms with Crippen molar-refractivity contribution in [2.24, 2.45) is 5.92 Å². The summed E-state index contributed by atoms with van der Waals surface area (Å²) < 4.78 is 15.0. The van der Waals surface area contributed by atoms with Crippen LogP contribution in [0, 0.1) is 5.92 Å². The third-order valence-corrected chi connectivity index (χ3v) is 6.63. The van der Waals surface area contributed by atoms with E-state index in [-0.39, 0.29) is 4.87 Å². The highest BCUT2D eigenvalue weighted by atomic mass is 32.2. The van der Waals surface area contributed by atoms with Crippen molar-refractivity contribution in [1.82, 2.24) is 4.98 Å². The average Bonchev–Trinajstić information content (AvgIpc) is 3.05. The first-order valence-corrected chi connectivity index (χ1v) is 9.39. The lowest BCUT2D eigenvalue weighted by atomic mass is 9.82. The molecule has 7 nitrogen and oxygen atoms in total. The molecule has 0 saturated carbocycles. The molecule has 0 unspecified atom stereocenters. The fraction of sp³-hybridized carbons (Fsp3) is 0.353. The molecule has 138 valence electrons. The first-order valence-electron chi connectivity index (χ1n) is 7.69. The van der Waals surface area contributed by atoms with Crippen LogP contribution < -0.4 is 9.61 Å². The minimum Gasteiger partial charge on any atom is -0.497 e. The van der Waals surface area contributed by atoms with Gasteiger partial charge in [-0.2, -0.15) is 0 Å². The van der Waals surface area contributed by atoms with Crippen molar-refractivity contribution < 1.29 is 23.8 Å². The highest BCUT2D eigenvalue weighted by molar-refractivity contribution is 8.00. The standard InChI is InChI=1S/C17H17NO6S2/c1-22-9-6-4-8(5-7-9)10-11(15(19)23-2)13(16(20)24-3)25-14-12(10)26-17(21)18-14/h4-7,10-11,13H,1-3H3,(H,18,21)/t10-,11-,13+/m1/s1. The zero-order valence-corrected chi connectivity index (χ0v) is 15.9. The van der Waals surface area contributed by atoms with Gasteiger partial charge in [-0.3, -0.25) is 14.4 Å². The fourth-order valence-corrected chi connectivity index (χ4v) is 5.53. The molecule has 0 amide bonds. The number of aromatic amines is 1. The van der Waals surface area contributed by atoms with Crippen molar-refractivity contribution >= 4 is 35.0 Å². The van der Waals surface area contributed by atoms with Crippen LogP contribution in [0.15, 0.2) is 34.1 Å². The van der Waals surface area contributed by atoms with Crippen LogP contribution in [0.2, 0.25) is 0 Å². The topological polar surface area (TPSA) is 94.7 Å². The zero-order chi connectivity index (χ0) is 18.8. The van der Waals surface area contributed by atoms with Crippen LogP contribution in [0.25, 0.3) is 0 Å². The number of carbonyl (C=O) groups excluding carboxylic acids is 2. The molecule has 1 aliphatic rings. The second-order valence-corrected chi connectivity index (χ2v) is 7.74. The summed E-state index contributed by atoms with van der Waals surface area (Å²) in [5.74, 6) is -1.72. The van der Waals surface area contributed by atoms with Crippen molar-refractivity contribution in [3.05, 3.63) is 44.4 Å². The Kier molecular flexibility index (Phi) is 5.38. The van der Waals surface area contributed by atoms with E-state index in [1.807, 2.05) is 12.1 Å². The SMILES string of the molecule is COC(=O)[C@@H]1[C@@H](c2ccc(OC)cc2)c2sc(=O)[nH]c2S[C@@H]1C(=O)OC. The Bertz CT molecular complexity index is 872. The molecule has 2 heterocycles. The molecule has 0 fully saturated rings. The summed E-state index contributed by atoms with van der Waals surface area (Å²) in [5, 5.41) is -0.242. The van der Waals surface area contributed by atoms with E-state index >= 15 is 0 Å². The average molecular weight is 395 g/mol. The Hall–Kier alpha value is -2.26. The Morgan fingerprint density at radius 2 is 1.69 bits per heavy atom. The molecule has 0 radical (unpaired) electrons. The molecule has 0 aliphatic carbocycles. The molecule has 0 saturated heterocycles. The van der Waals surface area contributed by atoms with Gasteiger partial charge in [-0.1, -0.05) is 35.2 Å². The number of fused-ring (bicyclic) bond motifs is 1. The van der Waals surface area contributed by atoms with Crippen LogP contribution in [0.1, 0.15) is 16.4 Å². The molecule has 0 spiro atoms. The lowest BCUT2D eigenvalue weighted by molar-refractivity contribution is -0.151. The summed E-state index contributed by atoms with van der Waals surface area (Å²) >= 11 is 2.16. The monoisotopic (exact) mass is 395 g/mol. The summed E-state index contributed by atoms with van der Waals surface area (Å²) in [6.45, 7) is 0. The molecule has 2 aromatic rings. The van der Waals surface area contributed by atoms with E-state index in [0.29, 0.717) is 15.7 Å².